The van der Waals surface area contributed by atoms with Gasteiger partial charge in [-0.2, -0.15) is 0 Å². The maximum atomic E-state index is 13.4. The molecule has 1 aromatic heterocycles. The largest absolute Gasteiger partial charge is 0.385 e. The van der Waals surface area contributed by atoms with E-state index in [9.17, 15) is 13.5 Å². The van der Waals surface area contributed by atoms with Gasteiger partial charge in [-0.05, 0) is 61.7 Å². The molecule has 1 aliphatic carbocycles. The molecule has 1 N–H and O–H groups in total. The summed E-state index contributed by atoms with van der Waals surface area (Å²) in [5.41, 5.74) is 0.353. The summed E-state index contributed by atoms with van der Waals surface area (Å²) in [6.07, 6.45) is 3.39. The highest BCUT2D eigenvalue weighted by molar-refractivity contribution is 7.99. The van der Waals surface area contributed by atoms with E-state index < -0.39 is 15.6 Å². The van der Waals surface area contributed by atoms with Crippen molar-refractivity contribution in [1.29, 1.82) is 0 Å². The SMILES string of the molecule is CCC1(O)CCC(Sc2ccc(Cl)cc2)c2c1ccn2S(=O)(=O)c1ccccc1. The van der Waals surface area contributed by atoms with Crippen LogP contribution in [0, 0.1) is 0 Å². The predicted octanol–water partition coefficient (Wildman–Crippen LogP) is 5.60. The Balaban J connectivity index is 1.82. The van der Waals surface area contributed by atoms with Crippen molar-refractivity contribution in [3.8, 4) is 0 Å². The summed E-state index contributed by atoms with van der Waals surface area (Å²) in [4.78, 5) is 1.25. The molecular weight excluding hydrogens is 426 g/mol. The zero-order chi connectivity index (χ0) is 20.6. The van der Waals surface area contributed by atoms with Crippen LogP contribution in [0.5, 0.6) is 0 Å². The second-order valence-electron chi connectivity index (χ2n) is 7.21. The fraction of sp³-hybridized carbons (Fsp3) is 0.273. The van der Waals surface area contributed by atoms with E-state index in [2.05, 4.69) is 0 Å². The molecule has 1 heterocycles. The lowest BCUT2D eigenvalue weighted by Gasteiger charge is -2.36. The number of hydrogen-bond donors (Lipinski definition) is 1. The van der Waals surface area contributed by atoms with Gasteiger partial charge in [-0.15, -0.1) is 11.8 Å². The molecule has 1 aliphatic rings. The minimum Gasteiger partial charge on any atom is -0.385 e. The zero-order valence-corrected chi connectivity index (χ0v) is 18.3. The molecule has 0 radical (unpaired) electrons. The van der Waals surface area contributed by atoms with Gasteiger partial charge in [0, 0.05) is 21.7 Å². The van der Waals surface area contributed by atoms with Crippen LogP contribution in [-0.4, -0.2) is 17.5 Å². The highest BCUT2D eigenvalue weighted by Crippen LogP contribution is 2.50. The van der Waals surface area contributed by atoms with Gasteiger partial charge in [0.1, 0.15) is 0 Å². The number of fused-ring (bicyclic) bond motifs is 1. The highest BCUT2D eigenvalue weighted by Gasteiger charge is 2.41. The Labute approximate surface area is 180 Å². The lowest BCUT2D eigenvalue weighted by Crippen LogP contribution is -2.32. The molecule has 4 nitrogen and oxygen atoms in total. The van der Waals surface area contributed by atoms with E-state index in [1.54, 1.807) is 54.4 Å². The summed E-state index contributed by atoms with van der Waals surface area (Å²) in [6.45, 7) is 1.93. The Morgan fingerprint density at radius 1 is 1.14 bits per heavy atom. The molecule has 2 aromatic carbocycles. The van der Waals surface area contributed by atoms with Gasteiger partial charge >= 0.3 is 0 Å². The number of rotatable bonds is 5. The smallest absolute Gasteiger partial charge is 0.267 e. The summed E-state index contributed by atoms with van der Waals surface area (Å²) >= 11 is 7.60. The summed E-state index contributed by atoms with van der Waals surface area (Å²) in [6, 6.07) is 17.7. The van der Waals surface area contributed by atoms with Crippen molar-refractivity contribution in [2.45, 2.75) is 46.8 Å². The van der Waals surface area contributed by atoms with Crippen molar-refractivity contribution < 1.29 is 13.5 Å². The van der Waals surface area contributed by atoms with Gasteiger partial charge in [-0.1, -0.05) is 36.7 Å². The van der Waals surface area contributed by atoms with Gasteiger partial charge in [-0.3, -0.25) is 0 Å². The lowest BCUT2D eigenvalue weighted by atomic mass is 9.81. The molecule has 152 valence electrons. The molecule has 0 saturated heterocycles. The molecule has 4 rings (SSSR count). The third-order valence-corrected chi connectivity index (χ3v) is 8.74. The zero-order valence-electron chi connectivity index (χ0n) is 16.0. The third kappa shape index (κ3) is 3.75. The first kappa shape index (κ1) is 20.5. The Morgan fingerprint density at radius 2 is 1.83 bits per heavy atom. The molecule has 2 atom stereocenters. The predicted molar refractivity (Wildman–Crippen MR) is 117 cm³/mol. The maximum Gasteiger partial charge on any atom is 0.267 e. The monoisotopic (exact) mass is 447 g/mol. The minimum absolute atomic E-state index is 0.0912. The molecular formula is C22H22ClNO3S2. The van der Waals surface area contributed by atoms with Crippen LogP contribution in [0.4, 0.5) is 0 Å². The fourth-order valence-corrected chi connectivity index (χ4v) is 6.69. The second-order valence-corrected chi connectivity index (χ2v) is 10.7. The number of nitrogens with zero attached hydrogens (tertiary/aromatic N) is 1. The van der Waals surface area contributed by atoms with Crippen molar-refractivity contribution in [1.82, 2.24) is 3.97 Å². The van der Waals surface area contributed by atoms with E-state index in [-0.39, 0.29) is 10.1 Å². The normalized spacial score (nSPS) is 21.7. The van der Waals surface area contributed by atoms with E-state index >= 15 is 0 Å². The van der Waals surface area contributed by atoms with Crippen molar-refractivity contribution in [3.05, 3.63) is 83.1 Å². The van der Waals surface area contributed by atoms with Crippen molar-refractivity contribution >= 4 is 33.4 Å². The second kappa shape index (κ2) is 7.84. The quantitative estimate of drug-likeness (QED) is 0.552. The van der Waals surface area contributed by atoms with Crippen LogP contribution in [0.1, 0.15) is 42.7 Å². The molecule has 0 bridgehead atoms. The molecule has 0 fully saturated rings. The molecule has 7 heteroatoms. The maximum absolute atomic E-state index is 13.4. The average molecular weight is 448 g/mol. The van der Waals surface area contributed by atoms with E-state index in [0.717, 1.165) is 4.90 Å². The van der Waals surface area contributed by atoms with Gasteiger partial charge < -0.3 is 5.11 Å². The summed E-state index contributed by atoms with van der Waals surface area (Å²) < 4.78 is 28.1. The van der Waals surface area contributed by atoms with E-state index in [4.69, 9.17) is 11.6 Å². The van der Waals surface area contributed by atoms with E-state index in [1.165, 1.54) is 3.97 Å². The first-order valence-corrected chi connectivity index (χ1v) is 12.2. The summed E-state index contributed by atoms with van der Waals surface area (Å²) in [5.74, 6) is 0. The third-order valence-electron chi connectivity index (χ3n) is 5.49. The molecule has 2 unspecified atom stereocenters. The summed E-state index contributed by atoms with van der Waals surface area (Å²) in [5, 5.41) is 11.7. The van der Waals surface area contributed by atoms with Crippen molar-refractivity contribution in [2.24, 2.45) is 0 Å². The Bertz CT molecular complexity index is 1110. The van der Waals surface area contributed by atoms with Gasteiger partial charge in [-0.25, -0.2) is 12.4 Å². The fourth-order valence-electron chi connectivity index (χ4n) is 3.85. The number of halogens is 1. The van der Waals surface area contributed by atoms with Gasteiger partial charge in [0.25, 0.3) is 10.0 Å². The first-order chi connectivity index (χ1) is 13.8. The van der Waals surface area contributed by atoms with Crippen LogP contribution in [0.2, 0.25) is 5.02 Å². The molecule has 0 saturated carbocycles. The van der Waals surface area contributed by atoms with Crippen LogP contribution in [0.25, 0.3) is 0 Å². The number of aliphatic hydroxyl groups is 1. The van der Waals surface area contributed by atoms with Crippen LogP contribution >= 0.6 is 23.4 Å². The van der Waals surface area contributed by atoms with Gasteiger partial charge in [0.2, 0.25) is 0 Å². The average Bonchev–Trinajstić information content (AvgIpc) is 3.20. The molecule has 0 aliphatic heterocycles. The first-order valence-electron chi connectivity index (χ1n) is 9.52. The number of aromatic nitrogens is 1. The molecule has 3 aromatic rings. The van der Waals surface area contributed by atoms with Crippen LogP contribution in [0.3, 0.4) is 0 Å². The Morgan fingerprint density at radius 3 is 2.48 bits per heavy atom. The summed E-state index contributed by atoms with van der Waals surface area (Å²) in [7, 11) is -3.76. The Kier molecular flexibility index (Phi) is 5.55. The molecule has 0 amide bonds. The molecule has 0 spiro atoms. The van der Waals surface area contributed by atoms with E-state index in [0.29, 0.717) is 35.5 Å². The topological polar surface area (TPSA) is 59.3 Å². The van der Waals surface area contributed by atoms with Crippen LogP contribution in [-0.2, 0) is 15.6 Å². The number of hydrogen-bond acceptors (Lipinski definition) is 4. The standard InChI is InChI=1S/C22H22ClNO3S2/c1-2-22(25)14-12-20(28-17-10-8-16(23)9-11-17)21-19(22)13-15-24(21)29(26,27)18-6-4-3-5-7-18/h3-11,13,15,20,25H,2,12,14H2,1H3. The lowest BCUT2D eigenvalue weighted by molar-refractivity contribution is 0.0143. The number of thioether (sulfide) groups is 1. The van der Waals surface area contributed by atoms with Crippen LogP contribution in [0.15, 0.2) is 76.7 Å². The Hall–Kier alpha value is -1.73. The molecule has 29 heavy (non-hydrogen) atoms. The van der Waals surface area contributed by atoms with Gasteiger partial charge in [0.05, 0.1) is 21.4 Å². The number of benzene rings is 2. The van der Waals surface area contributed by atoms with E-state index in [1.807, 2.05) is 31.2 Å². The van der Waals surface area contributed by atoms with Crippen molar-refractivity contribution in [2.75, 3.05) is 0 Å². The minimum atomic E-state index is -3.76. The van der Waals surface area contributed by atoms with Crippen LogP contribution < -0.4 is 0 Å². The highest BCUT2D eigenvalue weighted by atomic mass is 35.5. The van der Waals surface area contributed by atoms with Gasteiger partial charge in [0.15, 0.2) is 0 Å². The van der Waals surface area contributed by atoms with Crippen molar-refractivity contribution in [3.63, 3.8) is 0 Å².